The minimum atomic E-state index is 0.241. The van der Waals surface area contributed by atoms with Gasteiger partial charge in [0, 0.05) is 48.6 Å². The van der Waals surface area contributed by atoms with Gasteiger partial charge in [-0.15, -0.1) is 0 Å². The fraction of sp³-hybridized carbons (Fsp3) is 0.308. The van der Waals surface area contributed by atoms with Crippen molar-refractivity contribution in [3.05, 3.63) is 78.4 Å². The van der Waals surface area contributed by atoms with E-state index in [4.69, 9.17) is 4.42 Å². The summed E-state index contributed by atoms with van der Waals surface area (Å²) in [7, 11) is 0. The average Bonchev–Trinajstić information content (AvgIpc) is 3.47. The van der Waals surface area contributed by atoms with E-state index in [9.17, 15) is 4.79 Å². The zero-order chi connectivity index (χ0) is 21.0. The van der Waals surface area contributed by atoms with E-state index >= 15 is 0 Å². The molecule has 1 fully saturated rings. The summed E-state index contributed by atoms with van der Waals surface area (Å²) in [5, 5.41) is 1.26. The molecule has 1 N–H and O–H groups in total. The summed E-state index contributed by atoms with van der Waals surface area (Å²) in [5.41, 5.74) is 3.51. The quantitative estimate of drug-likeness (QED) is 0.451. The Balaban J connectivity index is 1.09. The third-order valence-electron chi connectivity index (χ3n) is 6.23. The minimum absolute atomic E-state index is 0.241. The van der Waals surface area contributed by atoms with E-state index in [0.29, 0.717) is 24.7 Å². The zero-order valence-corrected chi connectivity index (χ0v) is 17.6. The van der Waals surface area contributed by atoms with Crippen LogP contribution in [0.15, 0.2) is 71.3 Å². The van der Waals surface area contributed by atoms with Crippen molar-refractivity contribution in [2.24, 2.45) is 0 Å². The molecule has 1 aliphatic rings. The van der Waals surface area contributed by atoms with Crippen molar-refractivity contribution in [1.82, 2.24) is 14.9 Å². The molecule has 5 rings (SSSR count). The molecule has 0 unspecified atom stereocenters. The van der Waals surface area contributed by atoms with Gasteiger partial charge in [0.05, 0.1) is 6.20 Å². The molecular weight excluding hydrogens is 386 g/mol. The number of hydrogen-bond acceptors (Lipinski definition) is 3. The van der Waals surface area contributed by atoms with Crippen LogP contribution in [0.25, 0.3) is 22.2 Å². The van der Waals surface area contributed by atoms with Gasteiger partial charge < -0.3 is 14.3 Å². The van der Waals surface area contributed by atoms with Gasteiger partial charge >= 0.3 is 0 Å². The number of para-hydroxylation sites is 1. The van der Waals surface area contributed by atoms with E-state index < -0.39 is 0 Å². The van der Waals surface area contributed by atoms with E-state index in [1.54, 1.807) is 6.20 Å². The molecule has 5 nitrogen and oxygen atoms in total. The normalized spacial score (nSPS) is 14.9. The number of amides is 1. The van der Waals surface area contributed by atoms with E-state index in [0.717, 1.165) is 43.7 Å². The zero-order valence-electron chi connectivity index (χ0n) is 17.6. The Hall–Kier alpha value is -3.34. The molecule has 158 valence electrons. The lowest BCUT2D eigenvalue weighted by Crippen LogP contribution is -2.37. The Bertz CT molecular complexity index is 1120. The van der Waals surface area contributed by atoms with E-state index in [1.807, 2.05) is 35.2 Å². The lowest BCUT2D eigenvalue weighted by Gasteiger charge is -2.31. The van der Waals surface area contributed by atoms with Gasteiger partial charge in [-0.3, -0.25) is 4.79 Å². The number of fused-ring (bicyclic) bond motifs is 1. The first-order valence-corrected chi connectivity index (χ1v) is 11.1. The van der Waals surface area contributed by atoms with Gasteiger partial charge in [0.15, 0.2) is 11.7 Å². The summed E-state index contributed by atoms with van der Waals surface area (Å²) < 4.78 is 5.85. The van der Waals surface area contributed by atoms with E-state index in [1.165, 1.54) is 16.6 Å². The number of piperidine rings is 1. The van der Waals surface area contributed by atoms with Crippen molar-refractivity contribution in [2.75, 3.05) is 13.1 Å². The molecule has 5 heteroatoms. The second-order valence-corrected chi connectivity index (χ2v) is 8.30. The number of benzene rings is 2. The highest BCUT2D eigenvalue weighted by Crippen LogP contribution is 2.30. The molecule has 0 atom stereocenters. The summed E-state index contributed by atoms with van der Waals surface area (Å²) in [6.45, 7) is 1.66. The van der Waals surface area contributed by atoms with Gasteiger partial charge in [0.2, 0.25) is 5.91 Å². The standard InChI is InChI=1S/C26H27N3O2/c30-26(12-6-11-25-27-18-24(31-25)20-7-2-1-3-8-20)29-15-13-19(14-16-29)23-17-21-9-4-5-10-22(21)28-23/h1-5,7-10,17-19,28H,6,11-16H2. The topological polar surface area (TPSA) is 62.1 Å². The number of nitrogens with one attached hydrogen (secondary N) is 1. The smallest absolute Gasteiger partial charge is 0.222 e. The van der Waals surface area contributed by atoms with Crippen molar-refractivity contribution in [1.29, 1.82) is 0 Å². The van der Waals surface area contributed by atoms with Crippen LogP contribution in [0, 0.1) is 0 Å². The molecule has 1 aliphatic heterocycles. The first kappa shape index (κ1) is 19.6. The lowest BCUT2D eigenvalue weighted by atomic mass is 9.93. The van der Waals surface area contributed by atoms with Crippen LogP contribution in [0.5, 0.6) is 0 Å². The van der Waals surface area contributed by atoms with Crippen LogP contribution in [0.1, 0.15) is 43.2 Å². The molecular formula is C26H27N3O2. The molecule has 1 saturated heterocycles. The van der Waals surface area contributed by atoms with E-state index in [-0.39, 0.29) is 5.91 Å². The number of aromatic nitrogens is 2. The molecule has 3 heterocycles. The lowest BCUT2D eigenvalue weighted by molar-refractivity contribution is -0.132. The number of nitrogens with zero attached hydrogens (tertiary/aromatic N) is 2. The second kappa shape index (κ2) is 8.80. The number of carbonyl (C=O) groups excluding carboxylic acids is 1. The van der Waals surface area contributed by atoms with Gasteiger partial charge in [-0.25, -0.2) is 4.98 Å². The van der Waals surface area contributed by atoms with Crippen molar-refractivity contribution >= 4 is 16.8 Å². The van der Waals surface area contributed by atoms with Crippen LogP contribution in [-0.4, -0.2) is 33.9 Å². The average molecular weight is 414 g/mol. The van der Waals surface area contributed by atoms with Gasteiger partial charge in [-0.05, 0) is 36.8 Å². The largest absolute Gasteiger partial charge is 0.441 e. The van der Waals surface area contributed by atoms with Crippen LogP contribution in [-0.2, 0) is 11.2 Å². The van der Waals surface area contributed by atoms with Crippen molar-refractivity contribution in [3.8, 4) is 11.3 Å². The summed E-state index contributed by atoms with van der Waals surface area (Å²) in [4.78, 5) is 22.6. The van der Waals surface area contributed by atoms with Crippen LogP contribution in [0.2, 0.25) is 0 Å². The van der Waals surface area contributed by atoms with Gasteiger partial charge in [0.25, 0.3) is 0 Å². The Labute approximate surface area is 182 Å². The number of hydrogen-bond donors (Lipinski definition) is 1. The van der Waals surface area contributed by atoms with Crippen molar-refractivity contribution < 1.29 is 9.21 Å². The molecule has 2 aromatic heterocycles. The van der Waals surface area contributed by atoms with Crippen LogP contribution in [0.4, 0.5) is 0 Å². The SMILES string of the molecule is O=C(CCCc1ncc(-c2ccccc2)o1)N1CCC(c2cc3ccccc3[nH]2)CC1. The third kappa shape index (κ3) is 4.41. The summed E-state index contributed by atoms with van der Waals surface area (Å²) in [6.07, 6.45) is 5.78. The maximum atomic E-state index is 12.7. The van der Waals surface area contributed by atoms with Crippen LogP contribution < -0.4 is 0 Å². The number of aromatic amines is 1. The van der Waals surface area contributed by atoms with Gasteiger partial charge in [-0.2, -0.15) is 0 Å². The fourth-order valence-electron chi connectivity index (χ4n) is 4.47. The molecule has 0 spiro atoms. The molecule has 0 radical (unpaired) electrons. The Morgan fingerprint density at radius 3 is 2.65 bits per heavy atom. The first-order chi connectivity index (χ1) is 15.3. The number of aryl methyl sites for hydroxylation is 1. The summed E-state index contributed by atoms with van der Waals surface area (Å²) in [5.74, 6) is 2.22. The molecule has 0 saturated carbocycles. The molecule has 31 heavy (non-hydrogen) atoms. The number of likely N-dealkylation sites (tertiary alicyclic amines) is 1. The highest BCUT2D eigenvalue weighted by molar-refractivity contribution is 5.80. The van der Waals surface area contributed by atoms with E-state index in [2.05, 4.69) is 40.3 Å². The van der Waals surface area contributed by atoms with Crippen molar-refractivity contribution in [2.45, 2.75) is 38.0 Å². The van der Waals surface area contributed by atoms with Crippen LogP contribution in [0.3, 0.4) is 0 Å². The summed E-state index contributed by atoms with van der Waals surface area (Å²) >= 11 is 0. The Morgan fingerprint density at radius 2 is 1.84 bits per heavy atom. The Morgan fingerprint density at radius 1 is 1.06 bits per heavy atom. The third-order valence-corrected chi connectivity index (χ3v) is 6.23. The van der Waals surface area contributed by atoms with Gasteiger partial charge in [-0.1, -0.05) is 48.5 Å². The number of carbonyl (C=O) groups is 1. The molecule has 1 amide bonds. The highest BCUT2D eigenvalue weighted by atomic mass is 16.4. The first-order valence-electron chi connectivity index (χ1n) is 11.1. The maximum absolute atomic E-state index is 12.7. The molecule has 4 aromatic rings. The second-order valence-electron chi connectivity index (χ2n) is 8.30. The predicted octanol–water partition coefficient (Wildman–Crippen LogP) is 5.55. The summed E-state index contributed by atoms with van der Waals surface area (Å²) in [6, 6.07) is 20.6. The van der Waals surface area contributed by atoms with Crippen LogP contribution >= 0.6 is 0 Å². The van der Waals surface area contributed by atoms with Crippen molar-refractivity contribution in [3.63, 3.8) is 0 Å². The Kier molecular flexibility index (Phi) is 5.57. The number of rotatable bonds is 6. The fourth-order valence-corrected chi connectivity index (χ4v) is 4.47. The molecule has 0 bridgehead atoms. The van der Waals surface area contributed by atoms with Gasteiger partial charge in [0.1, 0.15) is 0 Å². The molecule has 2 aromatic carbocycles. The maximum Gasteiger partial charge on any atom is 0.222 e. The molecule has 0 aliphatic carbocycles. The predicted molar refractivity (Wildman–Crippen MR) is 122 cm³/mol. The number of H-pyrrole nitrogens is 1. The highest BCUT2D eigenvalue weighted by Gasteiger charge is 2.24. The number of oxazole rings is 1. The minimum Gasteiger partial charge on any atom is -0.441 e. The monoisotopic (exact) mass is 413 g/mol.